The Balaban J connectivity index is 0.000000281. The molecule has 6 rings (SSSR count). The Morgan fingerprint density at radius 3 is 1.09 bits per heavy atom. The molecule has 20 nitrogen and oxygen atoms in total. The molecular weight excluding hydrogens is 977 g/mol. The highest BCUT2D eigenvalue weighted by Gasteiger charge is 2.64. The number of aryl methyl sites for hydroxylation is 2. The summed E-state index contributed by atoms with van der Waals surface area (Å²) >= 11 is 0. The first-order valence-corrected chi connectivity index (χ1v) is 25.7. The van der Waals surface area contributed by atoms with E-state index in [0.717, 1.165) is 20.9 Å². The monoisotopic (exact) mass is 1060 g/mol. The van der Waals surface area contributed by atoms with Gasteiger partial charge in [0.1, 0.15) is 57.5 Å². The summed E-state index contributed by atoms with van der Waals surface area (Å²) in [5, 5.41) is 0. The predicted molar refractivity (Wildman–Crippen MR) is 282 cm³/mol. The molecule has 4 aromatic rings. The summed E-state index contributed by atoms with van der Waals surface area (Å²) in [4.78, 5) is 97.5. The van der Waals surface area contributed by atoms with Crippen molar-refractivity contribution in [2.75, 3.05) is 27.3 Å². The highest BCUT2D eigenvalue weighted by molar-refractivity contribution is 5.89. The minimum absolute atomic E-state index is 0.0709. The maximum atomic E-state index is 13.0. The molecule has 2 aliphatic rings. The second-order valence-electron chi connectivity index (χ2n) is 24.3. The largest absolute Gasteiger partial charge is 0.468 e. The van der Waals surface area contributed by atoms with Gasteiger partial charge in [-0.2, -0.15) is 0 Å². The number of nitrogens with zero attached hydrogens (tertiary/aromatic N) is 8. The van der Waals surface area contributed by atoms with Crippen molar-refractivity contribution in [1.82, 2.24) is 38.9 Å². The molecule has 0 radical (unpaired) electrons. The number of carbonyl (C=O) groups excluding carboxylic acids is 6. The number of imidazole rings is 2. The third-order valence-electron chi connectivity index (χ3n) is 12.5. The lowest BCUT2D eigenvalue weighted by Gasteiger charge is -2.30. The fourth-order valence-corrected chi connectivity index (χ4v) is 8.97. The van der Waals surface area contributed by atoms with Crippen LogP contribution in [-0.4, -0.2) is 125 Å². The van der Waals surface area contributed by atoms with E-state index in [1.807, 2.05) is 64.4 Å². The summed E-state index contributed by atoms with van der Waals surface area (Å²) in [5.41, 5.74) is -1.57. The summed E-state index contributed by atoms with van der Waals surface area (Å²) in [7, 11) is 2.74. The summed E-state index contributed by atoms with van der Waals surface area (Å²) in [6.07, 6.45) is 9.63. The van der Waals surface area contributed by atoms with Gasteiger partial charge in [0.15, 0.2) is 0 Å². The average Bonchev–Trinajstić information content (AvgIpc) is 4.00. The van der Waals surface area contributed by atoms with Gasteiger partial charge in [0.2, 0.25) is 0 Å². The lowest BCUT2D eigenvalue weighted by atomic mass is 9.94. The van der Waals surface area contributed by atoms with Gasteiger partial charge in [0.25, 0.3) is 0 Å². The van der Waals surface area contributed by atoms with Crippen molar-refractivity contribution in [2.24, 2.45) is 23.7 Å². The van der Waals surface area contributed by atoms with Crippen molar-refractivity contribution in [3.8, 4) is 11.6 Å². The van der Waals surface area contributed by atoms with Crippen LogP contribution in [0.5, 0.6) is 0 Å². The summed E-state index contributed by atoms with van der Waals surface area (Å²) in [5.74, 6) is 0.258. The van der Waals surface area contributed by atoms with Crippen molar-refractivity contribution in [3.05, 3.63) is 84.2 Å². The van der Waals surface area contributed by atoms with E-state index in [2.05, 4.69) is 19.9 Å². The molecule has 2 fully saturated rings. The number of hydrogen-bond donors (Lipinski definition) is 0. The van der Waals surface area contributed by atoms with E-state index < -0.39 is 57.6 Å². The van der Waals surface area contributed by atoms with Crippen LogP contribution in [0.3, 0.4) is 0 Å². The van der Waals surface area contributed by atoms with Gasteiger partial charge in [-0.1, -0.05) is 26.0 Å². The van der Waals surface area contributed by atoms with Gasteiger partial charge in [0, 0.05) is 37.9 Å². The van der Waals surface area contributed by atoms with Crippen molar-refractivity contribution < 1.29 is 57.2 Å². The van der Waals surface area contributed by atoms with E-state index in [4.69, 9.17) is 28.4 Å². The van der Waals surface area contributed by atoms with E-state index >= 15 is 0 Å². The fraction of sp³-hybridized carbons (Fsp3) is 0.607. The number of imide groups is 2. The molecule has 1 unspecified atom stereocenters. The number of hydrogen-bond acceptors (Lipinski definition) is 16. The predicted octanol–water partition coefficient (Wildman–Crippen LogP) is 10.4. The van der Waals surface area contributed by atoms with Crippen LogP contribution >= 0.6 is 0 Å². The Labute approximate surface area is 447 Å². The zero-order valence-electron chi connectivity index (χ0n) is 47.8. The average molecular weight is 1060 g/mol. The van der Waals surface area contributed by atoms with Crippen molar-refractivity contribution in [2.45, 2.75) is 170 Å². The number of esters is 2. The van der Waals surface area contributed by atoms with Crippen LogP contribution in [0, 0.1) is 37.5 Å². The van der Waals surface area contributed by atoms with Crippen LogP contribution < -0.4 is 0 Å². The van der Waals surface area contributed by atoms with Crippen molar-refractivity contribution in [1.29, 1.82) is 0 Å². The number of aromatic nitrogens is 6. The number of ether oxygens (including phenoxy) is 6. The molecular formula is C56H80N8O12. The molecule has 2 saturated carbocycles. The lowest BCUT2D eigenvalue weighted by Crippen LogP contribution is -2.45. The van der Waals surface area contributed by atoms with E-state index in [1.54, 1.807) is 117 Å². The maximum absolute atomic E-state index is 13.0. The van der Waals surface area contributed by atoms with Gasteiger partial charge in [-0.3, -0.25) is 18.7 Å². The zero-order valence-corrected chi connectivity index (χ0v) is 47.8. The first kappa shape index (κ1) is 60.0. The molecule has 0 N–H and O–H groups in total. The van der Waals surface area contributed by atoms with Crippen LogP contribution in [0.4, 0.5) is 19.2 Å². The second kappa shape index (κ2) is 23.2. The Morgan fingerprint density at radius 2 is 0.842 bits per heavy atom. The molecule has 76 heavy (non-hydrogen) atoms. The van der Waals surface area contributed by atoms with Crippen molar-refractivity contribution >= 4 is 36.3 Å². The summed E-state index contributed by atoms with van der Waals surface area (Å²) < 4.78 is 35.8. The Morgan fingerprint density at radius 1 is 0.539 bits per heavy atom. The minimum atomic E-state index is -0.887. The zero-order chi connectivity index (χ0) is 56.9. The molecule has 0 aromatic carbocycles. The third-order valence-corrected chi connectivity index (χ3v) is 12.5. The summed E-state index contributed by atoms with van der Waals surface area (Å²) in [6.45, 7) is 28.8. The maximum Gasteiger partial charge on any atom is 0.419 e. The lowest BCUT2D eigenvalue weighted by molar-refractivity contribution is -0.145. The Bertz CT molecular complexity index is 2450. The van der Waals surface area contributed by atoms with Gasteiger partial charge in [0.05, 0.1) is 25.6 Å². The molecule has 0 aliphatic heterocycles. The smallest absolute Gasteiger partial charge is 0.419 e. The van der Waals surface area contributed by atoms with Crippen LogP contribution in [0.2, 0.25) is 0 Å². The molecule has 4 aromatic heterocycles. The van der Waals surface area contributed by atoms with Gasteiger partial charge < -0.3 is 28.4 Å². The van der Waals surface area contributed by atoms with Gasteiger partial charge >= 0.3 is 36.3 Å². The molecule has 2 aliphatic carbocycles. The molecule has 0 saturated heterocycles. The third kappa shape index (κ3) is 15.6. The Hall–Kier alpha value is -6.86. The van der Waals surface area contributed by atoms with Crippen LogP contribution in [0.25, 0.3) is 11.6 Å². The SMILES string of the molecule is COC(=O)C1(c2cn(-c3ccc(C)cn3)cn2)C[C@@H]1C[C@@H](C)CN(C(=O)OC(C)(C)C)C(=O)OC(C)(C)C.COC(=O)[C@@]1(c2cn(-c3ccc(C)cn3)cn2)C[C@H]1C[C@@H](C)CN(C(=O)OC(C)(C)C)C(=O)OC(C)(C)C. The first-order chi connectivity index (χ1) is 35.1. The minimum Gasteiger partial charge on any atom is -0.468 e. The van der Waals surface area contributed by atoms with Crippen LogP contribution in [0.15, 0.2) is 61.7 Å². The van der Waals surface area contributed by atoms with Gasteiger partial charge in [-0.15, -0.1) is 0 Å². The number of carbonyl (C=O) groups is 6. The molecule has 4 amide bonds. The molecule has 4 heterocycles. The van der Waals surface area contributed by atoms with E-state index in [1.165, 1.54) is 14.2 Å². The number of amides is 4. The quantitative estimate of drug-likeness (QED) is 0.0845. The van der Waals surface area contributed by atoms with Gasteiger partial charge in [-0.05, 0) is 170 Å². The van der Waals surface area contributed by atoms with Crippen LogP contribution in [-0.2, 0) is 48.8 Å². The topological polar surface area (TPSA) is 226 Å². The second-order valence-corrected chi connectivity index (χ2v) is 24.3. The first-order valence-electron chi connectivity index (χ1n) is 25.7. The number of methoxy groups -OCH3 is 2. The highest BCUT2D eigenvalue weighted by Crippen LogP contribution is 2.58. The van der Waals surface area contributed by atoms with E-state index in [9.17, 15) is 28.8 Å². The normalized spacial score (nSPS) is 19.9. The standard InChI is InChI=1S/2C28H40N4O6/c2*1-18-10-11-22(29-14-18)31-16-21(30-17-31)28(23(33)36-9)13-20(28)12-19(2)15-32(24(34)37-26(3,4)5)25(35)38-27(6,7)8/h2*10-11,14,16-17,19-20H,12-13,15H2,1-9H3/t19-,20+,28?;19-,20-,28+/m11/s1. The van der Waals surface area contributed by atoms with E-state index in [-0.39, 0.29) is 48.7 Å². The number of pyridine rings is 2. The molecule has 6 atom stereocenters. The molecule has 0 bridgehead atoms. The molecule has 0 spiro atoms. The molecule has 416 valence electrons. The number of rotatable bonds is 14. The van der Waals surface area contributed by atoms with E-state index in [0.29, 0.717) is 48.7 Å². The Kier molecular flexibility index (Phi) is 18.3. The molecule has 20 heteroatoms. The summed E-state index contributed by atoms with van der Waals surface area (Å²) in [6, 6.07) is 7.70. The van der Waals surface area contributed by atoms with Crippen molar-refractivity contribution in [3.63, 3.8) is 0 Å². The van der Waals surface area contributed by atoms with Crippen LogP contribution in [0.1, 0.15) is 145 Å². The highest BCUT2D eigenvalue weighted by atomic mass is 16.6. The fourth-order valence-electron chi connectivity index (χ4n) is 8.97. The van der Waals surface area contributed by atoms with Gasteiger partial charge in [-0.25, -0.2) is 48.9 Å².